The topological polar surface area (TPSA) is 0 Å². The molecule has 0 nitrogen and oxygen atoms in total. The van der Waals surface area contributed by atoms with E-state index >= 15 is 0 Å². The molecule has 102 valence electrons. The van der Waals surface area contributed by atoms with E-state index in [1.54, 1.807) is 6.42 Å². The SMILES string of the molecule is C1CSC23C(S1)C1C4CC5C(C42)C3C2(SCCS2)C51. The molecule has 0 aromatic rings. The summed E-state index contributed by atoms with van der Waals surface area (Å²) in [6.45, 7) is 0. The zero-order valence-corrected chi connectivity index (χ0v) is 14.1. The van der Waals surface area contributed by atoms with Gasteiger partial charge in [0.25, 0.3) is 0 Å². The molecule has 9 atom stereocenters. The summed E-state index contributed by atoms with van der Waals surface area (Å²) in [5.74, 6) is 14.0. The van der Waals surface area contributed by atoms with Crippen LogP contribution in [0.3, 0.4) is 0 Å². The summed E-state index contributed by atoms with van der Waals surface area (Å²) in [5.41, 5.74) is 0. The lowest BCUT2D eigenvalue weighted by molar-refractivity contribution is 0.0563. The van der Waals surface area contributed by atoms with Gasteiger partial charge in [0.1, 0.15) is 0 Å². The molecule has 7 fully saturated rings. The lowest BCUT2D eigenvalue weighted by Gasteiger charge is -2.64. The fraction of sp³-hybridized carbons (Fsp3) is 1.00. The van der Waals surface area contributed by atoms with Crippen molar-refractivity contribution in [2.75, 3.05) is 23.0 Å². The average Bonchev–Trinajstić information content (AvgIpc) is 3.09. The van der Waals surface area contributed by atoms with Crippen LogP contribution < -0.4 is 0 Å². The van der Waals surface area contributed by atoms with Crippen molar-refractivity contribution in [3.05, 3.63) is 0 Å². The molecule has 7 rings (SSSR count). The molecule has 5 saturated carbocycles. The zero-order valence-electron chi connectivity index (χ0n) is 10.8. The van der Waals surface area contributed by atoms with E-state index in [1.807, 2.05) is 0 Å². The minimum absolute atomic E-state index is 0.725. The highest BCUT2D eigenvalue weighted by atomic mass is 32.2. The second kappa shape index (κ2) is 3.05. The highest BCUT2D eigenvalue weighted by Gasteiger charge is 2.93. The molecule has 0 aromatic carbocycles. The van der Waals surface area contributed by atoms with Gasteiger partial charge in [-0.05, 0) is 41.9 Å². The molecule has 4 heteroatoms. The van der Waals surface area contributed by atoms with Crippen molar-refractivity contribution in [2.45, 2.75) is 20.5 Å². The van der Waals surface area contributed by atoms with Crippen molar-refractivity contribution in [1.29, 1.82) is 0 Å². The summed E-state index contributed by atoms with van der Waals surface area (Å²) in [6.07, 6.45) is 1.66. The van der Waals surface area contributed by atoms with Crippen molar-refractivity contribution < 1.29 is 0 Å². The van der Waals surface area contributed by atoms with Gasteiger partial charge in [0, 0.05) is 38.9 Å². The summed E-state index contributed by atoms with van der Waals surface area (Å²) < 4.78 is 1.51. The summed E-state index contributed by atoms with van der Waals surface area (Å²) in [4.78, 5) is 0. The maximum Gasteiger partial charge on any atom is 0.0690 e. The van der Waals surface area contributed by atoms with E-state index in [9.17, 15) is 0 Å². The van der Waals surface area contributed by atoms with Gasteiger partial charge in [-0.2, -0.15) is 23.5 Å². The number of fused-ring (bicyclic) bond motifs is 4. The second-order valence-corrected chi connectivity index (χ2v) is 13.3. The summed E-state index contributed by atoms with van der Waals surface area (Å²) >= 11 is 9.74. The van der Waals surface area contributed by atoms with Crippen molar-refractivity contribution in [1.82, 2.24) is 0 Å². The van der Waals surface area contributed by atoms with Gasteiger partial charge in [-0.25, -0.2) is 0 Å². The molecule has 2 heterocycles. The number of hydrogen-bond donors (Lipinski definition) is 0. The smallest absolute Gasteiger partial charge is 0.0690 e. The molecule has 0 N–H and O–H groups in total. The molecule has 2 aliphatic heterocycles. The molecular formula is C15H18S4. The number of rotatable bonds is 0. The molecule has 19 heavy (non-hydrogen) atoms. The van der Waals surface area contributed by atoms with Gasteiger partial charge in [0.2, 0.25) is 0 Å². The van der Waals surface area contributed by atoms with Gasteiger partial charge in [0.05, 0.1) is 4.08 Å². The minimum atomic E-state index is 0.725. The maximum atomic E-state index is 2.47. The Morgan fingerprint density at radius 1 is 0.789 bits per heavy atom. The third-order valence-corrected chi connectivity index (χ3v) is 15.2. The van der Waals surface area contributed by atoms with Crippen LogP contribution in [0.2, 0.25) is 0 Å². The van der Waals surface area contributed by atoms with E-state index in [-0.39, 0.29) is 0 Å². The van der Waals surface area contributed by atoms with Gasteiger partial charge < -0.3 is 0 Å². The van der Waals surface area contributed by atoms with Gasteiger partial charge >= 0.3 is 0 Å². The minimum Gasteiger partial charge on any atom is -0.156 e. The molecule has 2 spiro atoms. The number of hydrogen-bond acceptors (Lipinski definition) is 4. The van der Waals surface area contributed by atoms with E-state index < -0.39 is 0 Å². The fourth-order valence-electron chi connectivity index (χ4n) is 8.14. The standard InChI is InChI=1S/C15H18S4/c1-2-17-14-10-7-5-6-8(10)12(14)15(18-3-4-19-15)11(6)9(7)13(14)16-1/h6-13H,1-5H2. The number of thioether (sulfide) groups is 4. The lowest BCUT2D eigenvalue weighted by atomic mass is 9.58. The highest BCUT2D eigenvalue weighted by molar-refractivity contribution is 8.21. The molecular weight excluding hydrogens is 308 g/mol. The molecule has 2 saturated heterocycles. The quantitative estimate of drug-likeness (QED) is 0.667. The average molecular weight is 327 g/mol. The third kappa shape index (κ3) is 0.825. The Kier molecular flexibility index (Phi) is 1.77. The van der Waals surface area contributed by atoms with Crippen LogP contribution in [0.5, 0.6) is 0 Å². The monoisotopic (exact) mass is 326 g/mol. The van der Waals surface area contributed by atoms with Gasteiger partial charge in [-0.15, -0.1) is 23.5 Å². The first kappa shape index (κ1) is 11.0. The van der Waals surface area contributed by atoms with Crippen LogP contribution in [-0.2, 0) is 0 Å². The summed E-state index contributed by atoms with van der Waals surface area (Å²) in [7, 11) is 0. The van der Waals surface area contributed by atoms with Gasteiger partial charge in [-0.1, -0.05) is 0 Å². The Hall–Kier alpha value is 1.40. The van der Waals surface area contributed by atoms with E-state index in [4.69, 9.17) is 0 Å². The summed E-state index contributed by atoms with van der Waals surface area (Å²) in [6, 6.07) is 0. The van der Waals surface area contributed by atoms with E-state index in [1.165, 1.54) is 46.7 Å². The third-order valence-electron chi connectivity index (χ3n) is 7.84. The van der Waals surface area contributed by atoms with Crippen molar-refractivity contribution in [3.8, 4) is 0 Å². The van der Waals surface area contributed by atoms with Crippen LogP contribution in [-0.4, -0.2) is 37.1 Å². The molecule has 9 unspecified atom stereocenters. The predicted molar refractivity (Wildman–Crippen MR) is 88.1 cm³/mol. The van der Waals surface area contributed by atoms with Crippen LogP contribution in [0.4, 0.5) is 0 Å². The normalized spacial score (nSPS) is 72.0. The predicted octanol–water partition coefficient (Wildman–Crippen LogP) is 3.52. The Morgan fingerprint density at radius 3 is 2.47 bits per heavy atom. The Morgan fingerprint density at radius 2 is 1.58 bits per heavy atom. The van der Waals surface area contributed by atoms with Gasteiger partial charge in [-0.3, -0.25) is 0 Å². The molecule has 5 aliphatic carbocycles. The largest absolute Gasteiger partial charge is 0.156 e. The molecule has 0 radical (unpaired) electrons. The molecule has 2 bridgehead atoms. The highest BCUT2D eigenvalue weighted by Crippen LogP contribution is 2.94. The van der Waals surface area contributed by atoms with Crippen LogP contribution in [0.1, 0.15) is 6.42 Å². The Balaban J connectivity index is 1.52. The van der Waals surface area contributed by atoms with Crippen LogP contribution in [0, 0.1) is 41.4 Å². The van der Waals surface area contributed by atoms with Crippen LogP contribution in [0.15, 0.2) is 0 Å². The first-order chi connectivity index (χ1) is 9.40. The molecule has 7 aliphatic rings. The zero-order chi connectivity index (χ0) is 12.0. The van der Waals surface area contributed by atoms with Crippen molar-refractivity contribution >= 4 is 47.0 Å². The fourth-order valence-corrected chi connectivity index (χ4v) is 16.8. The van der Waals surface area contributed by atoms with E-state index in [0.717, 1.165) is 31.8 Å². The second-order valence-electron chi connectivity index (χ2n) is 7.66. The van der Waals surface area contributed by atoms with Crippen molar-refractivity contribution in [3.63, 3.8) is 0 Å². The maximum absolute atomic E-state index is 2.47. The van der Waals surface area contributed by atoms with Crippen LogP contribution in [0.25, 0.3) is 0 Å². The first-order valence-corrected chi connectivity index (χ1v) is 11.9. The van der Waals surface area contributed by atoms with Crippen LogP contribution >= 0.6 is 47.0 Å². The molecule has 0 amide bonds. The van der Waals surface area contributed by atoms with Crippen molar-refractivity contribution in [2.24, 2.45) is 41.4 Å². The van der Waals surface area contributed by atoms with E-state index in [2.05, 4.69) is 47.0 Å². The lowest BCUT2D eigenvalue weighted by Crippen LogP contribution is -2.67. The first-order valence-electron chi connectivity index (χ1n) is 7.93. The summed E-state index contributed by atoms with van der Waals surface area (Å²) in [5, 5.41) is 1.09. The Bertz CT molecular complexity index is 500. The van der Waals surface area contributed by atoms with E-state index in [0.29, 0.717) is 0 Å². The van der Waals surface area contributed by atoms with Gasteiger partial charge in [0.15, 0.2) is 0 Å². The Labute approximate surface area is 131 Å². The molecule has 0 aromatic heterocycles.